The third-order valence-corrected chi connectivity index (χ3v) is 4.35. The average Bonchev–Trinajstić information content (AvgIpc) is 2.47. The molecule has 0 saturated heterocycles. The molecule has 0 amide bonds. The van der Waals surface area contributed by atoms with E-state index in [0.717, 1.165) is 31.2 Å². The van der Waals surface area contributed by atoms with Crippen LogP contribution in [0.25, 0.3) is 16.7 Å². The fourth-order valence-electron chi connectivity index (χ4n) is 2.08. The normalized spacial score (nSPS) is 11.4. The zero-order chi connectivity index (χ0) is 16.1. The van der Waals surface area contributed by atoms with Gasteiger partial charge < -0.3 is 4.74 Å². The van der Waals surface area contributed by atoms with E-state index >= 15 is 0 Å². The van der Waals surface area contributed by atoms with Crippen molar-refractivity contribution in [1.82, 2.24) is 0 Å². The predicted octanol–water partition coefficient (Wildman–Crippen LogP) is 5.85. The third kappa shape index (κ3) is 4.31. The molecule has 0 aliphatic carbocycles. The van der Waals surface area contributed by atoms with E-state index in [-0.39, 0.29) is 5.97 Å². The highest BCUT2D eigenvalue weighted by Gasteiger charge is 2.05. The number of halogens is 2. The molecular weight excluding hydrogens is 408 g/mol. The van der Waals surface area contributed by atoms with Crippen LogP contribution in [0.2, 0.25) is 0 Å². The van der Waals surface area contributed by atoms with E-state index < -0.39 is 0 Å². The molecule has 2 nitrogen and oxygen atoms in total. The van der Waals surface area contributed by atoms with Crippen molar-refractivity contribution in [3.05, 3.63) is 63.0 Å². The second-order valence-electron chi connectivity index (χ2n) is 4.78. The molecule has 0 atom stereocenters. The molecule has 0 aliphatic rings. The van der Waals surface area contributed by atoms with Crippen LogP contribution in [0.15, 0.2) is 57.5 Å². The van der Waals surface area contributed by atoms with Crippen LogP contribution < -0.4 is 0 Å². The fourth-order valence-corrected chi connectivity index (χ4v) is 3.36. The molecule has 0 radical (unpaired) electrons. The van der Waals surface area contributed by atoms with Crippen LogP contribution in [-0.2, 0) is 9.53 Å². The van der Waals surface area contributed by atoms with Gasteiger partial charge in [-0.1, -0.05) is 62.2 Å². The van der Waals surface area contributed by atoms with Crippen molar-refractivity contribution < 1.29 is 9.53 Å². The summed E-state index contributed by atoms with van der Waals surface area (Å²) in [6.45, 7) is 4.09. The smallest absolute Gasteiger partial charge is 0.331 e. The molecular formula is C18H16Br2O2. The number of rotatable bonds is 4. The van der Waals surface area contributed by atoms with Crippen molar-refractivity contribution in [2.75, 3.05) is 6.61 Å². The Morgan fingerprint density at radius 3 is 2.41 bits per heavy atom. The van der Waals surface area contributed by atoms with Crippen LogP contribution >= 0.6 is 31.9 Å². The lowest BCUT2D eigenvalue weighted by atomic mass is 10.0. The van der Waals surface area contributed by atoms with Crippen molar-refractivity contribution in [3.8, 4) is 11.1 Å². The Hall–Kier alpha value is -1.39. The molecule has 0 saturated carbocycles. The van der Waals surface area contributed by atoms with Crippen LogP contribution in [0.4, 0.5) is 0 Å². The minimum absolute atomic E-state index is 0.306. The van der Waals surface area contributed by atoms with Gasteiger partial charge in [-0.3, -0.25) is 0 Å². The number of carbonyl (C=O) groups excluding carboxylic acids is 1. The number of hydrogen-bond acceptors (Lipinski definition) is 2. The summed E-state index contributed by atoms with van der Waals surface area (Å²) in [4.78, 5) is 11.5. The number of carbonyl (C=O) groups is 1. The van der Waals surface area contributed by atoms with Crippen molar-refractivity contribution in [2.45, 2.75) is 13.8 Å². The fraction of sp³-hybridized carbons (Fsp3) is 0.167. The zero-order valence-electron chi connectivity index (χ0n) is 12.4. The maximum absolute atomic E-state index is 11.5. The summed E-state index contributed by atoms with van der Waals surface area (Å²) < 4.78 is 7.00. The molecule has 0 spiro atoms. The van der Waals surface area contributed by atoms with E-state index in [1.54, 1.807) is 6.92 Å². The second kappa shape index (κ2) is 7.75. The van der Waals surface area contributed by atoms with Crippen LogP contribution in [0.3, 0.4) is 0 Å². The van der Waals surface area contributed by atoms with E-state index in [1.165, 1.54) is 6.08 Å². The molecule has 2 aromatic carbocycles. The van der Waals surface area contributed by atoms with Crippen molar-refractivity contribution in [2.24, 2.45) is 0 Å². The minimum atomic E-state index is -0.306. The Labute approximate surface area is 147 Å². The summed E-state index contributed by atoms with van der Waals surface area (Å²) in [5, 5.41) is 0. The summed E-state index contributed by atoms with van der Waals surface area (Å²) in [5.41, 5.74) is 4.14. The molecule has 4 heteroatoms. The quantitative estimate of drug-likeness (QED) is 0.455. The molecule has 0 aromatic heterocycles. The molecule has 114 valence electrons. The van der Waals surface area contributed by atoms with E-state index in [4.69, 9.17) is 4.74 Å². The molecule has 0 bridgehead atoms. The third-order valence-electron chi connectivity index (χ3n) is 3.20. The van der Waals surface area contributed by atoms with E-state index in [0.29, 0.717) is 6.61 Å². The molecule has 2 rings (SSSR count). The maximum Gasteiger partial charge on any atom is 0.331 e. The number of ether oxygens (including phenoxy) is 1. The van der Waals surface area contributed by atoms with Crippen molar-refractivity contribution in [3.63, 3.8) is 0 Å². The van der Waals surface area contributed by atoms with Crippen molar-refractivity contribution in [1.29, 1.82) is 0 Å². The Kier molecular flexibility index (Phi) is 5.98. The molecule has 0 N–H and O–H groups in total. The molecule has 22 heavy (non-hydrogen) atoms. The number of hydrogen-bond donors (Lipinski definition) is 0. The average molecular weight is 424 g/mol. The molecule has 0 heterocycles. The lowest BCUT2D eigenvalue weighted by Crippen LogP contribution is -2.00. The van der Waals surface area contributed by atoms with Gasteiger partial charge in [-0.2, -0.15) is 0 Å². The highest BCUT2D eigenvalue weighted by atomic mass is 79.9. The van der Waals surface area contributed by atoms with Crippen LogP contribution in [0.1, 0.15) is 19.4 Å². The van der Waals surface area contributed by atoms with Gasteiger partial charge in [0.1, 0.15) is 0 Å². The lowest BCUT2D eigenvalue weighted by Gasteiger charge is -2.07. The van der Waals surface area contributed by atoms with E-state index in [1.807, 2.05) is 43.3 Å². The van der Waals surface area contributed by atoms with Gasteiger partial charge in [-0.25, -0.2) is 4.79 Å². The molecule has 0 fully saturated rings. The number of allylic oxidation sites excluding steroid dienone is 1. The van der Waals surface area contributed by atoms with Gasteiger partial charge in [-0.15, -0.1) is 0 Å². The predicted molar refractivity (Wildman–Crippen MR) is 97.6 cm³/mol. The monoisotopic (exact) mass is 422 g/mol. The molecule has 2 aromatic rings. The summed E-state index contributed by atoms with van der Waals surface area (Å²) >= 11 is 7.03. The number of benzene rings is 2. The van der Waals surface area contributed by atoms with Gasteiger partial charge in [0.15, 0.2) is 0 Å². The Morgan fingerprint density at radius 2 is 1.82 bits per heavy atom. The Bertz CT molecular complexity index is 704. The highest BCUT2D eigenvalue weighted by Crippen LogP contribution is 2.31. The maximum atomic E-state index is 11.5. The second-order valence-corrected chi connectivity index (χ2v) is 6.55. The topological polar surface area (TPSA) is 26.3 Å². The Balaban J connectivity index is 2.25. The zero-order valence-corrected chi connectivity index (χ0v) is 15.6. The first-order valence-corrected chi connectivity index (χ1v) is 8.50. The summed E-state index contributed by atoms with van der Waals surface area (Å²) in [5.74, 6) is -0.306. The minimum Gasteiger partial charge on any atom is -0.463 e. The molecule has 0 unspecified atom stereocenters. The van der Waals surface area contributed by atoms with Crippen molar-refractivity contribution >= 4 is 43.4 Å². The van der Waals surface area contributed by atoms with Crippen LogP contribution in [0.5, 0.6) is 0 Å². The summed E-state index contributed by atoms with van der Waals surface area (Å²) in [7, 11) is 0. The van der Waals surface area contributed by atoms with E-state index in [2.05, 4.69) is 37.9 Å². The van der Waals surface area contributed by atoms with E-state index in [9.17, 15) is 4.79 Å². The standard InChI is InChI=1S/C18H16Br2O2/c1-3-22-18(21)10-12(2)13-4-6-14(7-5-13)16-9-8-15(19)11-17(16)20/h4-11H,3H2,1-2H3/b12-10-. The first kappa shape index (κ1) is 17.0. The summed E-state index contributed by atoms with van der Waals surface area (Å²) in [6, 6.07) is 14.2. The van der Waals surface area contributed by atoms with Crippen LogP contribution in [-0.4, -0.2) is 12.6 Å². The van der Waals surface area contributed by atoms with Gasteiger partial charge in [0.25, 0.3) is 0 Å². The largest absolute Gasteiger partial charge is 0.463 e. The first-order chi connectivity index (χ1) is 10.5. The highest BCUT2D eigenvalue weighted by molar-refractivity contribution is 9.11. The van der Waals surface area contributed by atoms with Gasteiger partial charge in [0, 0.05) is 15.0 Å². The number of esters is 1. The van der Waals surface area contributed by atoms with Gasteiger partial charge in [-0.05, 0) is 48.2 Å². The van der Waals surface area contributed by atoms with Gasteiger partial charge >= 0.3 is 5.97 Å². The van der Waals surface area contributed by atoms with Gasteiger partial charge in [0.2, 0.25) is 0 Å². The lowest BCUT2D eigenvalue weighted by molar-refractivity contribution is -0.137. The SMILES string of the molecule is CCOC(=O)/C=C(/C)c1ccc(-c2ccc(Br)cc2Br)cc1. The summed E-state index contributed by atoms with van der Waals surface area (Å²) in [6.07, 6.45) is 1.52. The van der Waals surface area contributed by atoms with Crippen LogP contribution in [0, 0.1) is 0 Å². The molecule has 0 aliphatic heterocycles. The first-order valence-electron chi connectivity index (χ1n) is 6.92. The Morgan fingerprint density at radius 1 is 1.14 bits per heavy atom. The van der Waals surface area contributed by atoms with Gasteiger partial charge in [0.05, 0.1) is 6.61 Å².